The predicted molar refractivity (Wildman–Crippen MR) is 66.6 cm³/mol. The standard InChI is InChI=1S/C11H16N4OS/c1-11(16,10-4-3-5-17-10)8-12-6-9-7-13-14-15(9)2/h3-5,7,12,16H,6,8H2,1-2H3. The number of nitrogens with one attached hydrogen (secondary N) is 1. The quantitative estimate of drug-likeness (QED) is 0.829. The molecule has 0 aromatic carbocycles. The highest BCUT2D eigenvalue weighted by atomic mass is 32.1. The van der Waals surface area contributed by atoms with Crippen molar-refractivity contribution in [3.05, 3.63) is 34.3 Å². The van der Waals surface area contributed by atoms with E-state index in [1.807, 2.05) is 31.5 Å². The van der Waals surface area contributed by atoms with Crippen molar-refractivity contribution in [1.29, 1.82) is 0 Å². The summed E-state index contributed by atoms with van der Waals surface area (Å²) in [5, 5.41) is 23.1. The molecule has 0 saturated carbocycles. The molecule has 92 valence electrons. The van der Waals surface area contributed by atoms with Gasteiger partial charge in [-0.2, -0.15) is 0 Å². The zero-order chi connectivity index (χ0) is 12.3. The lowest BCUT2D eigenvalue weighted by atomic mass is 10.1. The van der Waals surface area contributed by atoms with E-state index in [1.54, 1.807) is 22.2 Å². The van der Waals surface area contributed by atoms with E-state index in [2.05, 4.69) is 15.6 Å². The molecule has 2 aromatic heterocycles. The van der Waals surface area contributed by atoms with E-state index in [9.17, 15) is 5.11 Å². The summed E-state index contributed by atoms with van der Waals surface area (Å²) in [4.78, 5) is 0.966. The molecule has 0 spiro atoms. The number of aromatic nitrogens is 3. The molecule has 5 nitrogen and oxygen atoms in total. The maximum absolute atomic E-state index is 10.3. The summed E-state index contributed by atoms with van der Waals surface area (Å²) in [7, 11) is 1.85. The van der Waals surface area contributed by atoms with Gasteiger partial charge in [-0.1, -0.05) is 11.3 Å². The van der Waals surface area contributed by atoms with Crippen LogP contribution in [0.1, 0.15) is 17.5 Å². The summed E-state index contributed by atoms with van der Waals surface area (Å²) in [6.45, 7) is 2.96. The first-order valence-electron chi connectivity index (χ1n) is 5.40. The van der Waals surface area contributed by atoms with Gasteiger partial charge in [-0.25, -0.2) is 0 Å². The van der Waals surface area contributed by atoms with Gasteiger partial charge in [0.1, 0.15) is 5.60 Å². The average Bonchev–Trinajstić information content (AvgIpc) is 2.90. The third-order valence-corrected chi connectivity index (χ3v) is 3.76. The molecule has 0 aliphatic carbocycles. The van der Waals surface area contributed by atoms with Gasteiger partial charge in [0.2, 0.25) is 0 Å². The van der Waals surface area contributed by atoms with Crippen molar-refractivity contribution in [3.8, 4) is 0 Å². The minimum Gasteiger partial charge on any atom is -0.383 e. The van der Waals surface area contributed by atoms with Crippen LogP contribution in [0.5, 0.6) is 0 Å². The maximum Gasteiger partial charge on any atom is 0.108 e. The molecule has 0 radical (unpaired) electrons. The number of hydrogen-bond acceptors (Lipinski definition) is 5. The van der Waals surface area contributed by atoms with Crippen molar-refractivity contribution in [1.82, 2.24) is 20.3 Å². The largest absolute Gasteiger partial charge is 0.383 e. The molecular formula is C11H16N4OS. The van der Waals surface area contributed by atoms with Crippen LogP contribution in [0.15, 0.2) is 23.7 Å². The van der Waals surface area contributed by atoms with Crippen LogP contribution in [-0.2, 0) is 19.2 Å². The van der Waals surface area contributed by atoms with E-state index >= 15 is 0 Å². The Morgan fingerprint density at radius 1 is 1.59 bits per heavy atom. The van der Waals surface area contributed by atoms with Crippen LogP contribution < -0.4 is 5.32 Å². The minimum absolute atomic E-state index is 0.499. The van der Waals surface area contributed by atoms with Crippen molar-refractivity contribution in [3.63, 3.8) is 0 Å². The molecule has 2 heterocycles. The Bertz CT molecular complexity index is 464. The van der Waals surface area contributed by atoms with E-state index in [0.717, 1.165) is 10.6 Å². The molecule has 17 heavy (non-hydrogen) atoms. The van der Waals surface area contributed by atoms with Crippen LogP contribution in [0.2, 0.25) is 0 Å². The molecule has 0 saturated heterocycles. The minimum atomic E-state index is -0.833. The fraction of sp³-hybridized carbons (Fsp3) is 0.455. The Labute approximate surface area is 104 Å². The molecule has 2 rings (SSSR count). The van der Waals surface area contributed by atoms with Crippen LogP contribution in [0, 0.1) is 0 Å². The van der Waals surface area contributed by atoms with E-state index in [-0.39, 0.29) is 0 Å². The van der Waals surface area contributed by atoms with Gasteiger partial charge in [0.25, 0.3) is 0 Å². The second-order valence-corrected chi connectivity index (χ2v) is 5.15. The molecule has 0 bridgehead atoms. The van der Waals surface area contributed by atoms with Gasteiger partial charge in [0.05, 0.1) is 11.9 Å². The molecule has 1 unspecified atom stereocenters. The van der Waals surface area contributed by atoms with Gasteiger partial charge < -0.3 is 10.4 Å². The second-order valence-electron chi connectivity index (χ2n) is 4.20. The molecule has 2 aromatic rings. The zero-order valence-corrected chi connectivity index (χ0v) is 10.7. The van der Waals surface area contributed by atoms with Crippen molar-refractivity contribution >= 4 is 11.3 Å². The van der Waals surface area contributed by atoms with Gasteiger partial charge in [-0.05, 0) is 18.4 Å². The molecule has 0 aliphatic heterocycles. The molecule has 0 amide bonds. The topological polar surface area (TPSA) is 63.0 Å². The fourth-order valence-electron chi connectivity index (χ4n) is 1.58. The summed E-state index contributed by atoms with van der Waals surface area (Å²) in [5.41, 5.74) is 0.159. The Hall–Kier alpha value is -1.24. The van der Waals surface area contributed by atoms with Crippen LogP contribution >= 0.6 is 11.3 Å². The smallest absolute Gasteiger partial charge is 0.108 e. The summed E-state index contributed by atoms with van der Waals surface area (Å²) in [6, 6.07) is 3.89. The number of rotatable bonds is 5. The first-order chi connectivity index (χ1) is 8.09. The van der Waals surface area contributed by atoms with Gasteiger partial charge in [-0.3, -0.25) is 4.68 Å². The zero-order valence-electron chi connectivity index (χ0n) is 9.92. The van der Waals surface area contributed by atoms with Crippen LogP contribution in [-0.4, -0.2) is 26.6 Å². The molecule has 0 fully saturated rings. The monoisotopic (exact) mass is 252 g/mol. The highest BCUT2D eigenvalue weighted by Crippen LogP contribution is 2.24. The molecule has 6 heteroatoms. The normalized spacial score (nSPS) is 14.8. The maximum atomic E-state index is 10.3. The van der Waals surface area contributed by atoms with Crippen LogP contribution in [0.25, 0.3) is 0 Å². The number of thiophene rings is 1. The van der Waals surface area contributed by atoms with Gasteiger partial charge in [0.15, 0.2) is 0 Å². The van der Waals surface area contributed by atoms with Crippen molar-refractivity contribution in [2.75, 3.05) is 6.54 Å². The molecule has 1 atom stereocenters. The fourth-order valence-corrected chi connectivity index (χ4v) is 2.36. The first-order valence-corrected chi connectivity index (χ1v) is 6.28. The van der Waals surface area contributed by atoms with Gasteiger partial charge in [0, 0.05) is 25.0 Å². The Morgan fingerprint density at radius 3 is 3.00 bits per heavy atom. The lowest BCUT2D eigenvalue weighted by molar-refractivity contribution is 0.0603. The predicted octanol–water partition coefficient (Wildman–Crippen LogP) is 0.874. The summed E-state index contributed by atoms with van der Waals surface area (Å²) < 4.78 is 1.72. The molecular weight excluding hydrogens is 236 g/mol. The summed E-state index contributed by atoms with van der Waals surface area (Å²) in [6.07, 6.45) is 1.72. The Morgan fingerprint density at radius 2 is 2.41 bits per heavy atom. The summed E-state index contributed by atoms with van der Waals surface area (Å²) in [5.74, 6) is 0. The van der Waals surface area contributed by atoms with E-state index in [4.69, 9.17) is 0 Å². The lowest BCUT2D eigenvalue weighted by Gasteiger charge is -2.22. The van der Waals surface area contributed by atoms with E-state index in [0.29, 0.717) is 13.1 Å². The number of aliphatic hydroxyl groups is 1. The highest BCUT2D eigenvalue weighted by Gasteiger charge is 2.23. The lowest BCUT2D eigenvalue weighted by Crippen LogP contribution is -2.34. The Kier molecular flexibility index (Phi) is 3.56. The number of hydrogen-bond donors (Lipinski definition) is 2. The van der Waals surface area contributed by atoms with Crippen molar-refractivity contribution in [2.45, 2.75) is 19.1 Å². The van der Waals surface area contributed by atoms with Crippen molar-refractivity contribution < 1.29 is 5.11 Å². The second kappa shape index (κ2) is 4.95. The summed E-state index contributed by atoms with van der Waals surface area (Å²) >= 11 is 1.56. The molecule has 2 N–H and O–H groups in total. The van der Waals surface area contributed by atoms with Crippen LogP contribution in [0.4, 0.5) is 0 Å². The van der Waals surface area contributed by atoms with E-state index < -0.39 is 5.60 Å². The van der Waals surface area contributed by atoms with Crippen molar-refractivity contribution in [2.24, 2.45) is 7.05 Å². The Balaban J connectivity index is 1.88. The highest BCUT2D eigenvalue weighted by molar-refractivity contribution is 7.10. The average molecular weight is 252 g/mol. The first kappa shape index (κ1) is 12.2. The van der Waals surface area contributed by atoms with Gasteiger partial charge in [-0.15, -0.1) is 16.4 Å². The van der Waals surface area contributed by atoms with Gasteiger partial charge >= 0.3 is 0 Å². The number of nitrogens with zero attached hydrogens (tertiary/aromatic N) is 3. The third kappa shape index (κ3) is 2.91. The third-order valence-electron chi connectivity index (χ3n) is 2.64. The SMILES string of the molecule is Cn1nncc1CNCC(C)(O)c1cccs1. The van der Waals surface area contributed by atoms with E-state index in [1.165, 1.54) is 0 Å². The van der Waals surface area contributed by atoms with Crippen LogP contribution in [0.3, 0.4) is 0 Å². The number of aryl methyl sites for hydroxylation is 1. The molecule has 0 aliphatic rings.